The van der Waals surface area contributed by atoms with Crippen molar-refractivity contribution in [2.45, 2.75) is 6.54 Å². The molecule has 0 aliphatic carbocycles. The molecule has 1 heterocycles. The van der Waals surface area contributed by atoms with E-state index >= 15 is 0 Å². The lowest BCUT2D eigenvalue weighted by molar-refractivity contribution is 0.103. The van der Waals surface area contributed by atoms with Crippen molar-refractivity contribution in [3.8, 4) is 0 Å². The predicted octanol–water partition coefficient (Wildman–Crippen LogP) is 4.26. The second-order valence-corrected chi connectivity index (χ2v) is 7.16. The highest BCUT2D eigenvalue weighted by Gasteiger charge is 2.19. The predicted molar refractivity (Wildman–Crippen MR) is 93.9 cm³/mol. The molecule has 0 unspecified atom stereocenters. The van der Waals surface area contributed by atoms with Crippen molar-refractivity contribution >= 4 is 29.1 Å². The highest BCUT2D eigenvalue weighted by atomic mass is 35.5. The first-order chi connectivity index (χ1) is 11.1. The van der Waals surface area contributed by atoms with E-state index in [-0.39, 0.29) is 16.4 Å². The minimum Gasteiger partial charge on any atom is -0.297 e. The number of carbonyl (C=O) groups is 1. The summed E-state index contributed by atoms with van der Waals surface area (Å²) in [4.78, 5) is 15.1. The first-order valence-corrected chi connectivity index (χ1v) is 9.06. The monoisotopic (exact) mass is 349 g/mol. The van der Waals surface area contributed by atoms with Crippen LogP contribution in [0.5, 0.6) is 0 Å². The summed E-state index contributed by atoms with van der Waals surface area (Å²) in [5.74, 6) is 1.36. The zero-order valence-electron chi connectivity index (χ0n) is 12.6. The fourth-order valence-corrected chi connectivity index (χ4v) is 3.84. The molecular formula is C18H17ClFNOS. The fraction of sp³-hybridized carbons (Fsp3) is 0.278. The Hall–Kier alpha value is -1.36. The first-order valence-electron chi connectivity index (χ1n) is 7.53. The van der Waals surface area contributed by atoms with Crippen molar-refractivity contribution in [2.24, 2.45) is 0 Å². The minimum absolute atomic E-state index is 0.0658. The number of rotatable bonds is 4. The molecule has 2 nitrogen and oxygen atoms in total. The Labute approximate surface area is 144 Å². The smallest absolute Gasteiger partial charge is 0.196 e. The Balaban J connectivity index is 1.88. The SMILES string of the molecule is O=C(c1ccc(Cl)cc1F)c1ccccc1CN1CCSCC1. The lowest BCUT2D eigenvalue weighted by atomic mass is 9.97. The van der Waals surface area contributed by atoms with Gasteiger partial charge in [-0.05, 0) is 23.8 Å². The third-order valence-corrected chi connectivity index (χ3v) is 5.11. The number of hydrogen-bond acceptors (Lipinski definition) is 3. The standard InChI is InChI=1S/C18H17ClFNOS/c19-14-5-6-16(17(20)11-14)18(22)15-4-2-1-3-13(15)12-21-7-9-23-10-8-21/h1-6,11H,7-10,12H2. The number of benzene rings is 2. The lowest BCUT2D eigenvalue weighted by Crippen LogP contribution is -2.32. The summed E-state index contributed by atoms with van der Waals surface area (Å²) in [6.07, 6.45) is 0. The molecule has 0 spiro atoms. The fourth-order valence-electron chi connectivity index (χ4n) is 2.70. The molecule has 23 heavy (non-hydrogen) atoms. The normalized spacial score (nSPS) is 15.6. The molecular weight excluding hydrogens is 333 g/mol. The highest BCUT2D eigenvalue weighted by molar-refractivity contribution is 7.99. The molecule has 120 valence electrons. The van der Waals surface area contributed by atoms with Gasteiger partial charge < -0.3 is 0 Å². The largest absolute Gasteiger partial charge is 0.297 e. The topological polar surface area (TPSA) is 20.3 Å². The Kier molecular flexibility index (Phi) is 5.36. The molecule has 0 aromatic heterocycles. The minimum atomic E-state index is -0.577. The molecule has 5 heteroatoms. The van der Waals surface area contributed by atoms with E-state index in [1.807, 2.05) is 30.0 Å². The van der Waals surface area contributed by atoms with Crippen LogP contribution in [0.4, 0.5) is 4.39 Å². The van der Waals surface area contributed by atoms with Gasteiger partial charge in [-0.25, -0.2) is 4.39 Å². The van der Waals surface area contributed by atoms with Crippen LogP contribution < -0.4 is 0 Å². The van der Waals surface area contributed by atoms with Crippen LogP contribution in [0.2, 0.25) is 5.02 Å². The first kappa shape index (κ1) is 16.5. The molecule has 2 aromatic carbocycles. The van der Waals surface area contributed by atoms with Gasteiger partial charge in [-0.15, -0.1) is 0 Å². The molecule has 0 atom stereocenters. The maximum absolute atomic E-state index is 14.1. The number of ketones is 1. The average molecular weight is 350 g/mol. The maximum Gasteiger partial charge on any atom is 0.196 e. The molecule has 0 saturated carbocycles. The third kappa shape index (κ3) is 3.94. The summed E-state index contributed by atoms with van der Waals surface area (Å²) in [5, 5.41) is 0.290. The molecule has 2 aromatic rings. The van der Waals surface area contributed by atoms with E-state index in [0.717, 1.165) is 36.7 Å². The van der Waals surface area contributed by atoms with Gasteiger partial charge in [0.15, 0.2) is 5.78 Å². The van der Waals surface area contributed by atoms with E-state index in [1.54, 1.807) is 12.1 Å². The van der Waals surface area contributed by atoms with Crippen LogP contribution in [0.25, 0.3) is 0 Å². The second-order valence-electron chi connectivity index (χ2n) is 5.50. The summed E-state index contributed by atoms with van der Waals surface area (Å²) in [7, 11) is 0. The van der Waals surface area contributed by atoms with Gasteiger partial charge in [-0.2, -0.15) is 11.8 Å². The Morgan fingerprint density at radius 2 is 1.87 bits per heavy atom. The maximum atomic E-state index is 14.1. The number of thioether (sulfide) groups is 1. The Morgan fingerprint density at radius 3 is 2.61 bits per heavy atom. The van der Waals surface area contributed by atoms with Gasteiger partial charge in [0.1, 0.15) is 5.82 Å². The molecule has 1 fully saturated rings. The number of carbonyl (C=O) groups excluding carboxylic acids is 1. The number of hydrogen-bond donors (Lipinski definition) is 0. The summed E-state index contributed by atoms with van der Waals surface area (Å²) >= 11 is 7.72. The lowest BCUT2D eigenvalue weighted by Gasteiger charge is -2.26. The zero-order valence-corrected chi connectivity index (χ0v) is 14.2. The molecule has 0 amide bonds. The molecule has 0 radical (unpaired) electrons. The van der Waals surface area contributed by atoms with Crippen molar-refractivity contribution in [1.29, 1.82) is 0 Å². The Bertz CT molecular complexity index is 716. The number of nitrogens with zero attached hydrogens (tertiary/aromatic N) is 1. The summed E-state index contributed by atoms with van der Waals surface area (Å²) in [5.41, 5.74) is 1.57. The van der Waals surface area contributed by atoms with Crippen LogP contribution in [0, 0.1) is 5.82 Å². The van der Waals surface area contributed by atoms with Crippen LogP contribution in [-0.2, 0) is 6.54 Å². The van der Waals surface area contributed by atoms with Gasteiger partial charge in [-0.3, -0.25) is 9.69 Å². The highest BCUT2D eigenvalue weighted by Crippen LogP contribution is 2.22. The molecule has 1 aliphatic heterocycles. The van der Waals surface area contributed by atoms with Crippen molar-refractivity contribution in [1.82, 2.24) is 4.90 Å². The van der Waals surface area contributed by atoms with E-state index in [0.29, 0.717) is 5.56 Å². The van der Waals surface area contributed by atoms with E-state index in [1.165, 1.54) is 12.1 Å². The summed E-state index contributed by atoms with van der Waals surface area (Å²) < 4.78 is 14.1. The van der Waals surface area contributed by atoms with Gasteiger partial charge >= 0.3 is 0 Å². The average Bonchev–Trinajstić information content (AvgIpc) is 2.56. The van der Waals surface area contributed by atoms with Crippen molar-refractivity contribution < 1.29 is 9.18 Å². The van der Waals surface area contributed by atoms with Gasteiger partial charge in [-0.1, -0.05) is 35.9 Å². The van der Waals surface area contributed by atoms with E-state index < -0.39 is 5.82 Å². The van der Waals surface area contributed by atoms with E-state index in [2.05, 4.69) is 4.90 Å². The van der Waals surface area contributed by atoms with Gasteiger partial charge in [0.05, 0.1) is 5.56 Å². The van der Waals surface area contributed by atoms with E-state index in [4.69, 9.17) is 11.6 Å². The van der Waals surface area contributed by atoms with Crippen LogP contribution in [0.3, 0.4) is 0 Å². The third-order valence-electron chi connectivity index (χ3n) is 3.94. The van der Waals surface area contributed by atoms with E-state index in [9.17, 15) is 9.18 Å². The molecule has 1 saturated heterocycles. The van der Waals surface area contributed by atoms with Gasteiger partial charge in [0.2, 0.25) is 0 Å². The Morgan fingerprint density at radius 1 is 1.13 bits per heavy atom. The van der Waals surface area contributed by atoms with Crippen LogP contribution >= 0.6 is 23.4 Å². The van der Waals surface area contributed by atoms with Gasteiger partial charge in [0, 0.05) is 41.7 Å². The molecule has 0 N–H and O–H groups in total. The molecule has 3 rings (SSSR count). The number of halogens is 2. The summed E-state index contributed by atoms with van der Waals surface area (Å²) in [6.45, 7) is 2.75. The zero-order chi connectivity index (χ0) is 16.2. The van der Waals surface area contributed by atoms with Crippen LogP contribution in [-0.4, -0.2) is 35.3 Å². The molecule has 0 bridgehead atoms. The molecule has 1 aliphatic rings. The summed E-state index contributed by atoms with van der Waals surface area (Å²) in [6, 6.07) is 11.6. The quantitative estimate of drug-likeness (QED) is 0.769. The van der Waals surface area contributed by atoms with Crippen LogP contribution in [0.1, 0.15) is 21.5 Å². The van der Waals surface area contributed by atoms with Crippen LogP contribution in [0.15, 0.2) is 42.5 Å². The second kappa shape index (κ2) is 7.47. The van der Waals surface area contributed by atoms with Gasteiger partial charge in [0.25, 0.3) is 0 Å². The van der Waals surface area contributed by atoms with Crippen molar-refractivity contribution in [2.75, 3.05) is 24.6 Å². The van der Waals surface area contributed by atoms with Crippen molar-refractivity contribution in [3.63, 3.8) is 0 Å². The van der Waals surface area contributed by atoms with Crippen molar-refractivity contribution in [3.05, 3.63) is 70.0 Å².